The molecule has 0 saturated heterocycles. The molecule has 132 valence electrons. The van der Waals surface area contributed by atoms with Gasteiger partial charge in [0.15, 0.2) is 0 Å². The maximum Gasteiger partial charge on any atom is 0.101 e. The van der Waals surface area contributed by atoms with E-state index in [9.17, 15) is 0 Å². The minimum atomic E-state index is 0.793. The minimum Gasteiger partial charge on any atom is -0.125 e. The molecule has 0 saturated carbocycles. The second-order valence-electron chi connectivity index (χ2n) is 6.42. The van der Waals surface area contributed by atoms with E-state index >= 15 is 0 Å². The lowest BCUT2D eigenvalue weighted by Crippen LogP contribution is -1.85. The van der Waals surface area contributed by atoms with E-state index in [0.717, 1.165) is 9.28 Å². The number of unbranched alkanes of at least 4 members (excludes halogenated alkanes) is 15. The van der Waals surface area contributed by atoms with Crippen LogP contribution >= 0.6 is 36.6 Å². The zero-order valence-electron chi connectivity index (χ0n) is 14.8. The van der Waals surface area contributed by atoms with Crippen molar-refractivity contribution in [2.75, 3.05) is 5.75 Å². The summed E-state index contributed by atoms with van der Waals surface area (Å²) in [7, 11) is 0. The molecule has 0 bridgehead atoms. The highest BCUT2D eigenvalue weighted by Crippen LogP contribution is 2.15. The molecule has 0 nitrogen and oxygen atoms in total. The Morgan fingerprint density at radius 1 is 0.636 bits per heavy atom. The minimum absolute atomic E-state index is 0.793. The van der Waals surface area contributed by atoms with Gasteiger partial charge in [-0.1, -0.05) is 115 Å². The fourth-order valence-electron chi connectivity index (χ4n) is 2.81. The summed E-state index contributed by atoms with van der Waals surface area (Å²) in [6, 6.07) is 0. The van der Waals surface area contributed by atoms with Gasteiger partial charge in [-0.15, -0.1) is 24.4 Å². The molecule has 0 rings (SSSR count). The van der Waals surface area contributed by atoms with Gasteiger partial charge in [-0.25, -0.2) is 0 Å². The smallest absolute Gasteiger partial charge is 0.101 e. The van der Waals surface area contributed by atoms with E-state index in [1.165, 1.54) is 103 Å². The van der Waals surface area contributed by atoms with Crippen molar-refractivity contribution >= 4 is 40.1 Å². The van der Waals surface area contributed by atoms with E-state index in [4.69, 9.17) is 12.2 Å². The third kappa shape index (κ3) is 20.8. The van der Waals surface area contributed by atoms with Crippen molar-refractivity contribution in [2.24, 2.45) is 0 Å². The molecule has 0 fully saturated rings. The van der Waals surface area contributed by atoms with Crippen LogP contribution in [0.5, 0.6) is 0 Å². The van der Waals surface area contributed by atoms with E-state index in [0.29, 0.717) is 0 Å². The van der Waals surface area contributed by atoms with Gasteiger partial charge in [-0.2, -0.15) is 0 Å². The van der Waals surface area contributed by atoms with E-state index in [1.807, 2.05) is 0 Å². The molecular weight excluding hydrogens is 324 g/mol. The van der Waals surface area contributed by atoms with Crippen LogP contribution in [0.2, 0.25) is 0 Å². The molecule has 0 heterocycles. The maximum atomic E-state index is 4.93. The van der Waals surface area contributed by atoms with Crippen LogP contribution in [-0.4, -0.2) is 9.28 Å². The third-order valence-electron chi connectivity index (χ3n) is 4.22. The molecule has 0 aliphatic rings. The number of thiocarbonyl (C=S) groups is 1. The second-order valence-corrected chi connectivity index (χ2v) is 9.24. The molecule has 0 aromatic heterocycles. The molecule has 0 atom stereocenters. The predicted octanol–water partition coefficient (Wildman–Crippen LogP) is 8.20. The number of thiol groups is 1. The first kappa shape index (κ1) is 22.8. The van der Waals surface area contributed by atoms with Crippen molar-refractivity contribution in [2.45, 2.75) is 110 Å². The van der Waals surface area contributed by atoms with Crippen LogP contribution in [0.15, 0.2) is 0 Å². The van der Waals surface area contributed by atoms with Crippen molar-refractivity contribution in [1.29, 1.82) is 0 Å². The zero-order chi connectivity index (χ0) is 16.3. The Morgan fingerprint density at radius 3 is 1.27 bits per heavy atom. The second kappa shape index (κ2) is 19.8. The molecule has 22 heavy (non-hydrogen) atoms. The van der Waals surface area contributed by atoms with Gasteiger partial charge in [-0.3, -0.25) is 0 Å². The molecule has 3 heteroatoms. The van der Waals surface area contributed by atoms with E-state index in [2.05, 4.69) is 19.6 Å². The van der Waals surface area contributed by atoms with Crippen molar-refractivity contribution in [1.82, 2.24) is 0 Å². The summed E-state index contributed by atoms with van der Waals surface area (Å²) >= 11 is 10.8. The molecule has 0 radical (unpaired) electrons. The molecular formula is C19H38S3. The van der Waals surface area contributed by atoms with Gasteiger partial charge in [-0.05, 0) is 12.2 Å². The largest absolute Gasteiger partial charge is 0.125 e. The third-order valence-corrected chi connectivity index (χ3v) is 5.70. The number of thioether (sulfide) groups is 1. The fourth-order valence-corrected chi connectivity index (χ4v) is 3.86. The summed E-state index contributed by atoms with van der Waals surface area (Å²) in [6.07, 6.45) is 22.9. The molecule has 0 aromatic carbocycles. The van der Waals surface area contributed by atoms with Gasteiger partial charge >= 0.3 is 0 Å². The van der Waals surface area contributed by atoms with Gasteiger partial charge in [0, 0.05) is 0 Å². The number of rotatable bonds is 17. The number of hydrogen-bond donors (Lipinski definition) is 1. The predicted molar refractivity (Wildman–Crippen MR) is 114 cm³/mol. The lowest BCUT2D eigenvalue weighted by molar-refractivity contribution is 0.532. The Morgan fingerprint density at radius 2 is 0.955 bits per heavy atom. The fraction of sp³-hybridized carbons (Fsp3) is 0.947. The Labute approximate surface area is 155 Å². The summed E-state index contributed by atoms with van der Waals surface area (Å²) in [6.45, 7) is 2.29. The molecule has 0 aromatic rings. The molecule has 0 aliphatic carbocycles. The standard InChI is InChI=1S/C19H38S3/c1-2-3-4-5-6-7-8-9-10-11-12-13-14-15-16-17-18-22-19(20)21/h2-18H2,1H3,(H,20,21). The first-order valence-corrected chi connectivity index (χ1v) is 11.5. The average molecular weight is 363 g/mol. The van der Waals surface area contributed by atoms with E-state index in [1.54, 1.807) is 11.8 Å². The summed E-state index contributed by atoms with van der Waals surface area (Å²) in [5.41, 5.74) is 0. The Bertz CT molecular complexity index is 229. The summed E-state index contributed by atoms with van der Waals surface area (Å²) in [5.74, 6) is 1.15. The summed E-state index contributed by atoms with van der Waals surface area (Å²) in [5, 5.41) is 0. The van der Waals surface area contributed by atoms with Gasteiger partial charge < -0.3 is 0 Å². The zero-order valence-corrected chi connectivity index (χ0v) is 17.3. The van der Waals surface area contributed by atoms with Gasteiger partial charge in [0.25, 0.3) is 0 Å². The monoisotopic (exact) mass is 362 g/mol. The lowest BCUT2D eigenvalue weighted by atomic mass is 10.0. The van der Waals surface area contributed by atoms with Crippen LogP contribution in [-0.2, 0) is 0 Å². The molecule has 0 spiro atoms. The van der Waals surface area contributed by atoms with Gasteiger partial charge in [0.1, 0.15) is 3.53 Å². The lowest BCUT2D eigenvalue weighted by Gasteiger charge is -2.03. The Balaban J connectivity index is 2.95. The first-order chi connectivity index (χ1) is 10.8. The van der Waals surface area contributed by atoms with E-state index in [-0.39, 0.29) is 0 Å². The molecule has 0 unspecified atom stereocenters. The van der Waals surface area contributed by atoms with Crippen molar-refractivity contribution in [3.8, 4) is 0 Å². The highest BCUT2D eigenvalue weighted by atomic mass is 32.2. The Hall–Kier alpha value is 0.790. The van der Waals surface area contributed by atoms with Crippen molar-refractivity contribution in [3.05, 3.63) is 0 Å². The van der Waals surface area contributed by atoms with Crippen LogP contribution in [0, 0.1) is 0 Å². The highest BCUT2D eigenvalue weighted by Gasteiger charge is 1.95. The van der Waals surface area contributed by atoms with Crippen LogP contribution in [0.3, 0.4) is 0 Å². The summed E-state index contributed by atoms with van der Waals surface area (Å²) < 4.78 is 0.793. The quantitative estimate of drug-likeness (QED) is 0.157. The van der Waals surface area contributed by atoms with Crippen LogP contribution in [0.25, 0.3) is 0 Å². The molecule has 0 aliphatic heterocycles. The van der Waals surface area contributed by atoms with Gasteiger partial charge in [0.2, 0.25) is 0 Å². The molecule has 0 amide bonds. The first-order valence-electron chi connectivity index (χ1n) is 9.63. The average Bonchev–Trinajstić information content (AvgIpc) is 2.50. The normalized spacial score (nSPS) is 11.0. The van der Waals surface area contributed by atoms with Crippen molar-refractivity contribution in [3.63, 3.8) is 0 Å². The SMILES string of the molecule is CCCCCCCCCCCCCCCCCCSC(=S)S. The summed E-state index contributed by atoms with van der Waals surface area (Å²) in [4.78, 5) is 0. The van der Waals surface area contributed by atoms with Crippen LogP contribution in [0.4, 0.5) is 0 Å². The topological polar surface area (TPSA) is 0 Å². The highest BCUT2D eigenvalue weighted by molar-refractivity contribution is 8.41. The van der Waals surface area contributed by atoms with Crippen LogP contribution < -0.4 is 0 Å². The van der Waals surface area contributed by atoms with E-state index < -0.39 is 0 Å². The molecule has 0 N–H and O–H groups in total. The van der Waals surface area contributed by atoms with Crippen molar-refractivity contribution < 1.29 is 0 Å². The number of hydrogen-bond acceptors (Lipinski definition) is 2. The Kier molecular flexibility index (Phi) is 20.5. The van der Waals surface area contributed by atoms with Gasteiger partial charge in [0.05, 0.1) is 0 Å². The maximum absolute atomic E-state index is 4.93. The van der Waals surface area contributed by atoms with Crippen LogP contribution in [0.1, 0.15) is 110 Å².